The highest BCUT2D eigenvalue weighted by molar-refractivity contribution is 7.89. The molecule has 3 rings (SSSR count). The first-order chi connectivity index (χ1) is 14.4. The van der Waals surface area contributed by atoms with Crippen LogP contribution < -0.4 is 10.0 Å². The molecule has 2 fully saturated rings. The number of carbonyl (C=O) groups is 2. The minimum absolute atomic E-state index is 0.00722. The van der Waals surface area contributed by atoms with E-state index in [0.717, 1.165) is 38.5 Å². The first-order valence-electron chi connectivity index (χ1n) is 10.5. The second kappa shape index (κ2) is 10.1. The van der Waals surface area contributed by atoms with Crippen LogP contribution in [-0.4, -0.2) is 50.8 Å². The second-order valence-corrected chi connectivity index (χ2v) is 9.76. The minimum Gasteiger partial charge on any atom is -0.353 e. The van der Waals surface area contributed by atoms with Gasteiger partial charge in [-0.3, -0.25) is 9.59 Å². The van der Waals surface area contributed by atoms with Gasteiger partial charge in [0.15, 0.2) is 0 Å². The Morgan fingerprint density at radius 2 is 1.90 bits per heavy atom. The van der Waals surface area contributed by atoms with Gasteiger partial charge >= 0.3 is 0 Å². The largest absolute Gasteiger partial charge is 0.353 e. The van der Waals surface area contributed by atoms with Gasteiger partial charge in [-0.2, -0.15) is 4.72 Å². The van der Waals surface area contributed by atoms with Gasteiger partial charge in [-0.1, -0.05) is 31.2 Å². The van der Waals surface area contributed by atoms with Crippen molar-refractivity contribution in [3.8, 4) is 12.3 Å². The van der Waals surface area contributed by atoms with Crippen molar-refractivity contribution < 1.29 is 18.0 Å². The highest BCUT2D eigenvalue weighted by Gasteiger charge is 2.30. The van der Waals surface area contributed by atoms with Crippen molar-refractivity contribution in [2.75, 3.05) is 19.6 Å². The van der Waals surface area contributed by atoms with E-state index >= 15 is 0 Å². The molecule has 30 heavy (non-hydrogen) atoms. The van der Waals surface area contributed by atoms with E-state index in [-0.39, 0.29) is 40.8 Å². The topological polar surface area (TPSA) is 95.6 Å². The Balaban J connectivity index is 1.65. The standard InChI is InChI=1S/C22H29N3O4S/c1-2-13-23-30(28,29)20-12-6-8-17(15-20)22(27)25-14-7-9-18(16-25)21(26)24-19-10-4-3-5-11-19/h1,6,8,12,15,18-19,23H,3-5,7,9-11,13-14,16H2,(H,24,26). The lowest BCUT2D eigenvalue weighted by Crippen LogP contribution is -2.48. The van der Waals surface area contributed by atoms with E-state index in [4.69, 9.17) is 6.42 Å². The van der Waals surface area contributed by atoms with E-state index in [2.05, 4.69) is 16.0 Å². The lowest BCUT2D eigenvalue weighted by Gasteiger charge is -2.33. The van der Waals surface area contributed by atoms with Crippen molar-refractivity contribution in [1.29, 1.82) is 0 Å². The molecule has 1 aromatic rings. The molecule has 1 aliphatic carbocycles. The maximum atomic E-state index is 13.0. The maximum Gasteiger partial charge on any atom is 0.253 e. The third kappa shape index (κ3) is 5.61. The molecule has 2 aliphatic rings. The third-order valence-corrected chi connectivity index (χ3v) is 7.19. The Morgan fingerprint density at radius 3 is 2.63 bits per heavy atom. The summed E-state index contributed by atoms with van der Waals surface area (Å²) >= 11 is 0. The van der Waals surface area contributed by atoms with E-state index in [9.17, 15) is 18.0 Å². The number of sulfonamides is 1. The summed E-state index contributed by atoms with van der Waals surface area (Å²) in [5.74, 6) is 1.75. The van der Waals surface area contributed by atoms with Gasteiger partial charge in [-0.15, -0.1) is 6.42 Å². The van der Waals surface area contributed by atoms with Gasteiger partial charge < -0.3 is 10.2 Å². The minimum atomic E-state index is -3.78. The number of hydrogen-bond acceptors (Lipinski definition) is 4. The molecule has 1 heterocycles. The molecule has 2 N–H and O–H groups in total. The van der Waals surface area contributed by atoms with Crippen LogP contribution in [0.1, 0.15) is 55.3 Å². The summed E-state index contributed by atoms with van der Waals surface area (Å²) in [6, 6.07) is 6.15. The number of rotatable bonds is 6. The molecule has 7 nitrogen and oxygen atoms in total. The van der Waals surface area contributed by atoms with Crippen LogP contribution in [0.3, 0.4) is 0 Å². The summed E-state index contributed by atoms with van der Waals surface area (Å²) < 4.78 is 26.9. The normalized spacial score (nSPS) is 20.4. The molecule has 0 aromatic heterocycles. The van der Waals surface area contributed by atoms with Crippen molar-refractivity contribution in [1.82, 2.24) is 14.9 Å². The first-order valence-corrected chi connectivity index (χ1v) is 12.0. The third-order valence-electron chi connectivity index (χ3n) is 5.79. The lowest BCUT2D eigenvalue weighted by molar-refractivity contribution is -0.127. The summed E-state index contributed by atoms with van der Waals surface area (Å²) in [6.07, 6.45) is 12.2. The van der Waals surface area contributed by atoms with Crippen LogP contribution >= 0.6 is 0 Å². The predicted molar refractivity (Wildman–Crippen MR) is 114 cm³/mol. The zero-order valence-corrected chi connectivity index (χ0v) is 17.9. The van der Waals surface area contributed by atoms with Gasteiger partial charge in [-0.05, 0) is 43.9 Å². The monoisotopic (exact) mass is 431 g/mol. The van der Waals surface area contributed by atoms with E-state index in [1.807, 2.05) is 0 Å². The highest BCUT2D eigenvalue weighted by Crippen LogP contribution is 2.22. The fraction of sp³-hybridized carbons (Fsp3) is 0.545. The smallest absolute Gasteiger partial charge is 0.253 e. The van der Waals surface area contributed by atoms with Crippen molar-refractivity contribution in [3.63, 3.8) is 0 Å². The number of hydrogen-bond donors (Lipinski definition) is 2. The Morgan fingerprint density at radius 1 is 1.13 bits per heavy atom. The van der Waals surface area contributed by atoms with Crippen LogP contribution in [0.25, 0.3) is 0 Å². The molecule has 0 spiro atoms. The molecule has 0 radical (unpaired) electrons. The Labute approximate surface area is 178 Å². The number of piperidine rings is 1. The fourth-order valence-corrected chi connectivity index (χ4v) is 5.12. The molecule has 1 saturated carbocycles. The SMILES string of the molecule is C#CCNS(=O)(=O)c1cccc(C(=O)N2CCCC(C(=O)NC3CCCCC3)C2)c1. The number of nitrogens with one attached hydrogen (secondary N) is 2. The molecular formula is C22H29N3O4S. The summed E-state index contributed by atoms with van der Waals surface area (Å²) in [7, 11) is -3.78. The van der Waals surface area contributed by atoms with Gasteiger partial charge in [-0.25, -0.2) is 8.42 Å². The number of likely N-dealkylation sites (tertiary alicyclic amines) is 1. The molecule has 1 unspecified atom stereocenters. The summed E-state index contributed by atoms with van der Waals surface area (Å²) in [5.41, 5.74) is 0.284. The van der Waals surface area contributed by atoms with Crippen LogP contribution in [0.4, 0.5) is 0 Å². The molecule has 1 atom stereocenters. The molecule has 8 heteroatoms. The zero-order valence-electron chi connectivity index (χ0n) is 17.1. The van der Waals surface area contributed by atoms with E-state index in [1.165, 1.54) is 24.6 Å². The Hall–Kier alpha value is -2.37. The van der Waals surface area contributed by atoms with E-state index in [0.29, 0.717) is 13.1 Å². The maximum absolute atomic E-state index is 13.0. The van der Waals surface area contributed by atoms with Gasteiger partial charge in [0, 0.05) is 24.7 Å². The van der Waals surface area contributed by atoms with Crippen molar-refractivity contribution >= 4 is 21.8 Å². The number of benzene rings is 1. The van der Waals surface area contributed by atoms with E-state index in [1.54, 1.807) is 11.0 Å². The highest BCUT2D eigenvalue weighted by atomic mass is 32.2. The lowest BCUT2D eigenvalue weighted by atomic mass is 9.93. The molecule has 1 saturated heterocycles. The van der Waals surface area contributed by atoms with Crippen molar-refractivity contribution in [2.45, 2.75) is 55.9 Å². The van der Waals surface area contributed by atoms with Crippen LogP contribution in [0.15, 0.2) is 29.2 Å². The molecule has 1 aliphatic heterocycles. The average molecular weight is 432 g/mol. The molecule has 0 bridgehead atoms. The number of carbonyl (C=O) groups excluding carboxylic acids is 2. The van der Waals surface area contributed by atoms with Gasteiger partial charge in [0.05, 0.1) is 17.4 Å². The molecule has 162 valence electrons. The summed E-state index contributed by atoms with van der Waals surface area (Å²) in [6.45, 7) is 0.784. The van der Waals surface area contributed by atoms with Gasteiger partial charge in [0.25, 0.3) is 5.91 Å². The van der Waals surface area contributed by atoms with Crippen LogP contribution in [0.2, 0.25) is 0 Å². The molecule has 1 aromatic carbocycles. The first kappa shape index (κ1) is 22.3. The number of amides is 2. The summed E-state index contributed by atoms with van der Waals surface area (Å²) in [5, 5.41) is 3.16. The molecular weight excluding hydrogens is 402 g/mol. The van der Waals surface area contributed by atoms with Gasteiger partial charge in [0.1, 0.15) is 0 Å². The van der Waals surface area contributed by atoms with Crippen LogP contribution in [0, 0.1) is 18.3 Å². The van der Waals surface area contributed by atoms with Gasteiger partial charge in [0.2, 0.25) is 15.9 Å². The zero-order chi connectivity index (χ0) is 21.6. The molecule has 2 amide bonds. The number of nitrogens with zero attached hydrogens (tertiary/aromatic N) is 1. The van der Waals surface area contributed by atoms with E-state index < -0.39 is 10.0 Å². The average Bonchev–Trinajstić information content (AvgIpc) is 2.78. The fourth-order valence-electron chi connectivity index (χ4n) is 4.14. The second-order valence-electron chi connectivity index (χ2n) is 7.99. The Bertz CT molecular complexity index is 917. The predicted octanol–water partition coefficient (Wildman–Crippen LogP) is 1.90. The summed E-state index contributed by atoms with van der Waals surface area (Å²) in [4.78, 5) is 27.3. The quantitative estimate of drug-likeness (QED) is 0.673. The Kier molecular flexibility index (Phi) is 7.51. The van der Waals surface area contributed by atoms with Crippen molar-refractivity contribution in [2.24, 2.45) is 5.92 Å². The van der Waals surface area contributed by atoms with Crippen LogP contribution in [0.5, 0.6) is 0 Å². The van der Waals surface area contributed by atoms with Crippen LogP contribution in [-0.2, 0) is 14.8 Å². The number of terminal acetylenes is 1. The van der Waals surface area contributed by atoms with Crippen molar-refractivity contribution in [3.05, 3.63) is 29.8 Å².